The predicted octanol–water partition coefficient (Wildman–Crippen LogP) is 2.57. The molecule has 1 atom stereocenters. The van der Waals surface area contributed by atoms with Gasteiger partial charge in [-0.15, -0.1) is 0 Å². The van der Waals surface area contributed by atoms with Crippen molar-refractivity contribution in [3.05, 3.63) is 59.2 Å². The molecule has 0 saturated heterocycles. The van der Waals surface area contributed by atoms with Crippen molar-refractivity contribution in [2.24, 2.45) is 11.7 Å². The van der Waals surface area contributed by atoms with Crippen molar-refractivity contribution in [1.29, 1.82) is 0 Å². The Morgan fingerprint density at radius 3 is 2.63 bits per heavy atom. The van der Waals surface area contributed by atoms with E-state index in [0.717, 1.165) is 18.4 Å². The molecule has 1 fully saturated rings. The molecule has 27 heavy (non-hydrogen) atoms. The Bertz CT molecular complexity index is 953. The second-order valence-corrected chi connectivity index (χ2v) is 8.82. The summed E-state index contributed by atoms with van der Waals surface area (Å²) in [4.78, 5) is 12.6. The number of hydrogen-bond donors (Lipinski definition) is 3. The van der Waals surface area contributed by atoms with E-state index in [2.05, 4.69) is 10.0 Å². The van der Waals surface area contributed by atoms with E-state index in [0.29, 0.717) is 29.3 Å². The van der Waals surface area contributed by atoms with Crippen LogP contribution in [0.5, 0.6) is 0 Å². The second kappa shape index (κ2) is 7.70. The molecular formula is C20H25N3O3S. The normalized spacial score (nSPS) is 15.2. The van der Waals surface area contributed by atoms with Gasteiger partial charge in [-0.05, 0) is 68.0 Å². The van der Waals surface area contributed by atoms with Gasteiger partial charge in [0.1, 0.15) is 0 Å². The maximum atomic E-state index is 12.7. The summed E-state index contributed by atoms with van der Waals surface area (Å²) >= 11 is 0. The fraction of sp³-hybridized carbons (Fsp3) is 0.350. The zero-order valence-electron chi connectivity index (χ0n) is 15.5. The first kappa shape index (κ1) is 19.4. The first-order chi connectivity index (χ1) is 12.8. The number of nitrogens with two attached hydrogens (primary N) is 1. The average molecular weight is 388 g/mol. The van der Waals surface area contributed by atoms with E-state index < -0.39 is 10.0 Å². The minimum atomic E-state index is -3.74. The van der Waals surface area contributed by atoms with Gasteiger partial charge in [0.05, 0.1) is 4.90 Å². The zero-order valence-corrected chi connectivity index (χ0v) is 16.3. The number of benzene rings is 2. The van der Waals surface area contributed by atoms with Crippen LogP contribution in [0.4, 0.5) is 5.69 Å². The number of sulfonamides is 1. The highest BCUT2D eigenvalue weighted by Crippen LogP contribution is 2.31. The van der Waals surface area contributed by atoms with Crippen LogP contribution in [0.3, 0.4) is 0 Å². The first-order valence-corrected chi connectivity index (χ1v) is 10.5. The molecule has 0 spiro atoms. The third kappa shape index (κ3) is 4.87. The molecule has 2 aromatic carbocycles. The molecule has 6 nitrogen and oxygen atoms in total. The third-order valence-corrected chi connectivity index (χ3v) is 6.26. The van der Waals surface area contributed by atoms with E-state index in [4.69, 9.17) is 5.73 Å². The molecule has 0 radical (unpaired) electrons. The average Bonchev–Trinajstić information content (AvgIpc) is 3.46. The highest BCUT2D eigenvalue weighted by Gasteiger charge is 2.28. The predicted molar refractivity (Wildman–Crippen MR) is 106 cm³/mol. The standard InChI is InChI=1S/C20H25N3O3S/c1-13-6-7-14(2)19(10-13)27(25,26)23-17-5-3-4-16(11-17)20(24)22-12-18(21)15-8-9-15/h3-7,10-11,15,18,23H,8-9,12,21H2,1-2H3,(H,22,24). The highest BCUT2D eigenvalue weighted by atomic mass is 32.2. The van der Waals surface area contributed by atoms with Crippen LogP contribution in [-0.4, -0.2) is 26.9 Å². The summed E-state index contributed by atoms with van der Waals surface area (Å²) in [5, 5.41) is 2.82. The summed E-state index contributed by atoms with van der Waals surface area (Å²) in [6.45, 7) is 4.01. The highest BCUT2D eigenvalue weighted by molar-refractivity contribution is 7.92. The molecule has 7 heteroatoms. The molecule has 3 rings (SSSR count). The smallest absolute Gasteiger partial charge is 0.262 e. The topological polar surface area (TPSA) is 101 Å². The van der Waals surface area contributed by atoms with Crippen LogP contribution in [0, 0.1) is 19.8 Å². The summed E-state index contributed by atoms with van der Waals surface area (Å²) in [5.74, 6) is 0.236. The first-order valence-electron chi connectivity index (χ1n) is 9.00. The molecular weight excluding hydrogens is 362 g/mol. The Balaban J connectivity index is 1.73. The maximum absolute atomic E-state index is 12.7. The Labute approximate surface area is 160 Å². The molecule has 0 heterocycles. The van der Waals surface area contributed by atoms with Crippen LogP contribution in [0.1, 0.15) is 34.3 Å². The quantitative estimate of drug-likeness (QED) is 0.679. The molecule has 0 aliphatic heterocycles. The van der Waals surface area contributed by atoms with Crippen LogP contribution in [0.25, 0.3) is 0 Å². The van der Waals surface area contributed by atoms with E-state index in [9.17, 15) is 13.2 Å². The third-order valence-electron chi connectivity index (χ3n) is 4.74. The molecule has 0 bridgehead atoms. The summed E-state index contributed by atoms with van der Waals surface area (Å²) in [7, 11) is -3.74. The minimum Gasteiger partial charge on any atom is -0.350 e. The Morgan fingerprint density at radius 1 is 1.19 bits per heavy atom. The van der Waals surface area contributed by atoms with Crippen LogP contribution in [0.2, 0.25) is 0 Å². The largest absolute Gasteiger partial charge is 0.350 e. The number of carbonyl (C=O) groups is 1. The number of carbonyl (C=O) groups excluding carboxylic acids is 1. The van der Waals surface area contributed by atoms with Crippen molar-refractivity contribution >= 4 is 21.6 Å². The number of amides is 1. The number of nitrogens with one attached hydrogen (secondary N) is 2. The molecule has 1 aliphatic rings. The van der Waals surface area contributed by atoms with Crippen LogP contribution < -0.4 is 15.8 Å². The van der Waals surface area contributed by atoms with Crippen molar-refractivity contribution in [1.82, 2.24) is 5.32 Å². The Hall–Kier alpha value is -2.38. The number of anilines is 1. The van der Waals surface area contributed by atoms with Gasteiger partial charge in [0, 0.05) is 23.8 Å². The van der Waals surface area contributed by atoms with Gasteiger partial charge < -0.3 is 11.1 Å². The van der Waals surface area contributed by atoms with E-state index >= 15 is 0 Å². The van der Waals surface area contributed by atoms with Gasteiger partial charge in [0.25, 0.3) is 15.9 Å². The lowest BCUT2D eigenvalue weighted by molar-refractivity contribution is 0.0950. The Morgan fingerprint density at radius 2 is 1.93 bits per heavy atom. The summed E-state index contributed by atoms with van der Waals surface area (Å²) in [6, 6.07) is 11.7. The second-order valence-electron chi connectivity index (χ2n) is 7.17. The van der Waals surface area contributed by atoms with Crippen molar-refractivity contribution in [3.8, 4) is 0 Å². The fourth-order valence-electron chi connectivity index (χ4n) is 2.93. The van der Waals surface area contributed by atoms with Gasteiger partial charge >= 0.3 is 0 Å². The molecule has 2 aromatic rings. The van der Waals surface area contributed by atoms with Crippen molar-refractivity contribution in [2.45, 2.75) is 37.6 Å². The van der Waals surface area contributed by atoms with Gasteiger partial charge in [-0.2, -0.15) is 0 Å². The number of aryl methyl sites for hydroxylation is 2. The van der Waals surface area contributed by atoms with E-state index in [1.54, 1.807) is 37.3 Å². The van der Waals surface area contributed by atoms with Crippen molar-refractivity contribution in [3.63, 3.8) is 0 Å². The van der Waals surface area contributed by atoms with Crippen LogP contribution in [0.15, 0.2) is 47.4 Å². The molecule has 1 saturated carbocycles. The van der Waals surface area contributed by atoms with Gasteiger partial charge in [-0.3, -0.25) is 9.52 Å². The van der Waals surface area contributed by atoms with E-state index in [-0.39, 0.29) is 16.8 Å². The fourth-order valence-corrected chi connectivity index (χ4v) is 4.31. The summed E-state index contributed by atoms with van der Waals surface area (Å²) in [5.41, 5.74) is 8.26. The van der Waals surface area contributed by atoms with Gasteiger partial charge in [0.15, 0.2) is 0 Å². The number of hydrogen-bond acceptors (Lipinski definition) is 4. The SMILES string of the molecule is Cc1ccc(C)c(S(=O)(=O)Nc2cccc(C(=O)NCC(N)C3CC3)c2)c1. The van der Waals surface area contributed by atoms with E-state index in [1.807, 2.05) is 13.0 Å². The van der Waals surface area contributed by atoms with Crippen molar-refractivity contribution < 1.29 is 13.2 Å². The lowest BCUT2D eigenvalue weighted by Gasteiger charge is -2.13. The molecule has 0 aromatic heterocycles. The lowest BCUT2D eigenvalue weighted by Crippen LogP contribution is -2.38. The minimum absolute atomic E-state index is 0.0278. The maximum Gasteiger partial charge on any atom is 0.262 e. The van der Waals surface area contributed by atoms with Gasteiger partial charge in [-0.25, -0.2) is 8.42 Å². The Kier molecular flexibility index (Phi) is 5.53. The lowest BCUT2D eigenvalue weighted by atomic mass is 10.1. The van der Waals surface area contributed by atoms with Gasteiger partial charge in [-0.1, -0.05) is 18.2 Å². The summed E-state index contributed by atoms with van der Waals surface area (Å²) < 4.78 is 28.0. The molecule has 1 aliphatic carbocycles. The molecule has 1 unspecified atom stereocenters. The van der Waals surface area contributed by atoms with Crippen LogP contribution >= 0.6 is 0 Å². The number of rotatable bonds is 7. The van der Waals surface area contributed by atoms with Gasteiger partial charge in [0.2, 0.25) is 0 Å². The molecule has 4 N–H and O–H groups in total. The van der Waals surface area contributed by atoms with Crippen LogP contribution in [-0.2, 0) is 10.0 Å². The molecule has 1 amide bonds. The monoisotopic (exact) mass is 387 g/mol. The summed E-state index contributed by atoms with van der Waals surface area (Å²) in [6.07, 6.45) is 2.24. The molecule has 144 valence electrons. The van der Waals surface area contributed by atoms with E-state index in [1.165, 1.54) is 6.07 Å². The van der Waals surface area contributed by atoms with Crippen molar-refractivity contribution in [2.75, 3.05) is 11.3 Å². The zero-order chi connectivity index (χ0) is 19.6.